The van der Waals surface area contributed by atoms with Crippen molar-refractivity contribution in [2.24, 2.45) is 0 Å². The molecule has 0 aliphatic carbocycles. The summed E-state index contributed by atoms with van der Waals surface area (Å²) in [6.07, 6.45) is 3.02. The highest BCUT2D eigenvalue weighted by Gasteiger charge is 2.15. The Hall–Kier alpha value is -0.0600. The number of hydrogen-bond acceptors (Lipinski definition) is 4. The first kappa shape index (κ1) is 13.0. The predicted molar refractivity (Wildman–Crippen MR) is 69.8 cm³/mol. The van der Waals surface area contributed by atoms with E-state index in [1.807, 2.05) is 23.3 Å². The topological polar surface area (TPSA) is 24.9 Å². The number of aromatic nitrogens is 1. The molecule has 0 aliphatic heterocycles. The van der Waals surface area contributed by atoms with Gasteiger partial charge in [0.1, 0.15) is 4.34 Å². The monoisotopic (exact) mass is 244 g/mol. The van der Waals surface area contributed by atoms with Crippen molar-refractivity contribution in [1.82, 2.24) is 10.3 Å². The van der Waals surface area contributed by atoms with Crippen LogP contribution in [0.4, 0.5) is 0 Å². The van der Waals surface area contributed by atoms with Crippen LogP contribution in [0.5, 0.6) is 0 Å². The molecular weight excluding hydrogens is 224 g/mol. The van der Waals surface area contributed by atoms with E-state index in [9.17, 15) is 0 Å². The molecule has 0 saturated heterocycles. The van der Waals surface area contributed by atoms with Gasteiger partial charge in [-0.2, -0.15) is 0 Å². The zero-order valence-corrected chi connectivity index (χ0v) is 11.5. The minimum Gasteiger partial charge on any atom is -0.311 e. The van der Waals surface area contributed by atoms with E-state index in [1.165, 1.54) is 4.34 Å². The maximum absolute atomic E-state index is 4.27. The molecule has 1 heterocycles. The average molecular weight is 244 g/mol. The SMILES string of the molecule is CCC(C)(C)NCC(C)Sc1nccs1. The Morgan fingerprint density at radius 1 is 1.60 bits per heavy atom. The van der Waals surface area contributed by atoms with E-state index in [0.29, 0.717) is 5.25 Å². The van der Waals surface area contributed by atoms with Crippen LogP contribution >= 0.6 is 23.1 Å². The van der Waals surface area contributed by atoms with Crippen LogP contribution in [0.25, 0.3) is 0 Å². The van der Waals surface area contributed by atoms with Gasteiger partial charge in [0.15, 0.2) is 0 Å². The first-order valence-electron chi connectivity index (χ1n) is 5.34. The van der Waals surface area contributed by atoms with Crippen molar-refractivity contribution in [3.05, 3.63) is 11.6 Å². The molecule has 15 heavy (non-hydrogen) atoms. The van der Waals surface area contributed by atoms with Gasteiger partial charge in [-0.3, -0.25) is 0 Å². The van der Waals surface area contributed by atoms with Gasteiger partial charge in [-0.1, -0.05) is 25.6 Å². The van der Waals surface area contributed by atoms with E-state index in [1.54, 1.807) is 11.3 Å². The quantitative estimate of drug-likeness (QED) is 0.776. The zero-order chi connectivity index (χ0) is 11.3. The van der Waals surface area contributed by atoms with Crippen LogP contribution in [0.15, 0.2) is 15.9 Å². The molecule has 1 aromatic rings. The summed E-state index contributed by atoms with van der Waals surface area (Å²) in [6, 6.07) is 0. The van der Waals surface area contributed by atoms with Crippen molar-refractivity contribution in [2.45, 2.75) is 49.2 Å². The van der Waals surface area contributed by atoms with Crippen molar-refractivity contribution < 1.29 is 0 Å². The second-order valence-electron chi connectivity index (χ2n) is 4.34. The third-order valence-electron chi connectivity index (χ3n) is 2.46. The summed E-state index contributed by atoms with van der Waals surface area (Å²) >= 11 is 3.56. The normalized spacial score (nSPS) is 14.1. The van der Waals surface area contributed by atoms with E-state index >= 15 is 0 Å². The fourth-order valence-corrected chi connectivity index (χ4v) is 2.90. The molecule has 86 valence electrons. The van der Waals surface area contributed by atoms with Gasteiger partial charge in [-0.05, 0) is 20.3 Å². The lowest BCUT2D eigenvalue weighted by atomic mass is 10.0. The van der Waals surface area contributed by atoms with Crippen LogP contribution in [-0.4, -0.2) is 22.3 Å². The fourth-order valence-electron chi connectivity index (χ4n) is 1.03. The maximum atomic E-state index is 4.27. The zero-order valence-electron chi connectivity index (χ0n) is 9.91. The number of hydrogen-bond donors (Lipinski definition) is 1. The van der Waals surface area contributed by atoms with Gasteiger partial charge in [-0.25, -0.2) is 4.98 Å². The number of thiazole rings is 1. The Morgan fingerprint density at radius 3 is 2.87 bits per heavy atom. The molecule has 0 spiro atoms. The largest absolute Gasteiger partial charge is 0.311 e. The summed E-state index contributed by atoms with van der Waals surface area (Å²) < 4.78 is 1.17. The molecule has 1 atom stereocenters. The lowest BCUT2D eigenvalue weighted by Crippen LogP contribution is -2.41. The average Bonchev–Trinajstić information content (AvgIpc) is 2.68. The number of nitrogens with zero attached hydrogens (tertiary/aromatic N) is 1. The van der Waals surface area contributed by atoms with Crippen molar-refractivity contribution in [3.63, 3.8) is 0 Å². The number of rotatable bonds is 6. The summed E-state index contributed by atoms with van der Waals surface area (Å²) in [5.41, 5.74) is 0.248. The molecule has 0 amide bonds. The maximum Gasteiger partial charge on any atom is 0.150 e. The van der Waals surface area contributed by atoms with Crippen LogP contribution in [0.2, 0.25) is 0 Å². The molecule has 1 N–H and O–H groups in total. The van der Waals surface area contributed by atoms with E-state index in [4.69, 9.17) is 0 Å². The highest BCUT2D eigenvalue weighted by Crippen LogP contribution is 2.24. The van der Waals surface area contributed by atoms with Gasteiger partial charge < -0.3 is 5.32 Å². The molecule has 1 aromatic heterocycles. The molecule has 2 nitrogen and oxygen atoms in total. The van der Waals surface area contributed by atoms with Crippen molar-refractivity contribution in [3.8, 4) is 0 Å². The fraction of sp³-hybridized carbons (Fsp3) is 0.727. The van der Waals surface area contributed by atoms with Gasteiger partial charge in [0.05, 0.1) is 0 Å². The summed E-state index contributed by atoms with van der Waals surface area (Å²) in [6.45, 7) is 9.98. The minimum absolute atomic E-state index is 0.248. The summed E-state index contributed by atoms with van der Waals surface area (Å²) in [7, 11) is 0. The van der Waals surface area contributed by atoms with Crippen LogP contribution in [0, 0.1) is 0 Å². The Bertz CT molecular complexity index is 270. The predicted octanol–water partition coefficient (Wildman–Crippen LogP) is 3.40. The molecule has 0 bridgehead atoms. The van der Waals surface area contributed by atoms with E-state index in [-0.39, 0.29) is 5.54 Å². The van der Waals surface area contributed by atoms with E-state index in [0.717, 1.165) is 13.0 Å². The van der Waals surface area contributed by atoms with Gasteiger partial charge in [0, 0.05) is 28.9 Å². The van der Waals surface area contributed by atoms with Crippen molar-refractivity contribution in [1.29, 1.82) is 0 Å². The third-order valence-corrected chi connectivity index (χ3v) is 4.48. The molecule has 0 fully saturated rings. The lowest BCUT2D eigenvalue weighted by Gasteiger charge is -2.26. The molecular formula is C11H20N2S2. The summed E-state index contributed by atoms with van der Waals surface area (Å²) in [4.78, 5) is 4.27. The summed E-state index contributed by atoms with van der Waals surface area (Å²) in [5.74, 6) is 0. The molecule has 0 saturated carbocycles. The number of thioether (sulfide) groups is 1. The van der Waals surface area contributed by atoms with Crippen LogP contribution < -0.4 is 5.32 Å². The molecule has 1 rings (SSSR count). The highest BCUT2D eigenvalue weighted by atomic mass is 32.2. The molecule has 0 radical (unpaired) electrons. The standard InChI is InChI=1S/C11H20N2S2/c1-5-11(3,4)13-8-9(2)15-10-12-6-7-14-10/h6-7,9,13H,5,8H2,1-4H3. The summed E-state index contributed by atoms with van der Waals surface area (Å²) in [5, 5.41) is 6.17. The van der Waals surface area contributed by atoms with Gasteiger partial charge in [0.2, 0.25) is 0 Å². The molecule has 1 unspecified atom stereocenters. The third kappa shape index (κ3) is 5.00. The highest BCUT2D eigenvalue weighted by molar-refractivity contribution is 8.01. The van der Waals surface area contributed by atoms with Gasteiger partial charge in [0.25, 0.3) is 0 Å². The molecule has 0 aromatic carbocycles. The van der Waals surface area contributed by atoms with Gasteiger partial charge in [-0.15, -0.1) is 11.3 Å². The van der Waals surface area contributed by atoms with Gasteiger partial charge >= 0.3 is 0 Å². The smallest absolute Gasteiger partial charge is 0.150 e. The second-order valence-corrected chi connectivity index (χ2v) is 6.92. The van der Waals surface area contributed by atoms with Crippen LogP contribution in [-0.2, 0) is 0 Å². The molecule has 4 heteroatoms. The molecule has 0 aliphatic rings. The van der Waals surface area contributed by atoms with Crippen molar-refractivity contribution >= 4 is 23.1 Å². The first-order chi connectivity index (χ1) is 7.03. The Balaban J connectivity index is 2.28. The van der Waals surface area contributed by atoms with Crippen molar-refractivity contribution in [2.75, 3.05) is 6.54 Å². The Labute approximate surface area is 101 Å². The van der Waals surface area contributed by atoms with E-state index < -0.39 is 0 Å². The van der Waals surface area contributed by atoms with E-state index in [2.05, 4.69) is 38.0 Å². The Kier molecular flexibility index (Phi) is 5.09. The van der Waals surface area contributed by atoms with Crippen LogP contribution in [0.3, 0.4) is 0 Å². The lowest BCUT2D eigenvalue weighted by molar-refractivity contribution is 0.379. The second kappa shape index (κ2) is 5.87. The number of nitrogens with one attached hydrogen (secondary N) is 1. The Morgan fingerprint density at radius 2 is 2.33 bits per heavy atom. The minimum atomic E-state index is 0.248. The van der Waals surface area contributed by atoms with Crippen LogP contribution in [0.1, 0.15) is 34.1 Å². The first-order valence-corrected chi connectivity index (χ1v) is 7.10.